The molecule has 0 spiro atoms. The summed E-state index contributed by atoms with van der Waals surface area (Å²) in [7, 11) is 0. The molecule has 0 saturated heterocycles. The van der Waals surface area contributed by atoms with Crippen LogP contribution in [0.15, 0.2) is 36.4 Å². The first-order valence-electron chi connectivity index (χ1n) is 8.22. The van der Waals surface area contributed by atoms with E-state index in [1.54, 1.807) is 0 Å². The summed E-state index contributed by atoms with van der Waals surface area (Å²) in [6.07, 6.45) is -0.601. The van der Waals surface area contributed by atoms with Gasteiger partial charge in [-0.25, -0.2) is 0 Å². The Balaban J connectivity index is 1.97. The van der Waals surface area contributed by atoms with Gasteiger partial charge in [0, 0.05) is 43.9 Å². The number of nitrogens with zero attached hydrogens (tertiary/aromatic N) is 1. The van der Waals surface area contributed by atoms with Crippen LogP contribution in [0.5, 0.6) is 0 Å². The standard InChI is InChI=1S/C19H22Cl2N2O2/c1-19(2,11-24)22-9-14(25)10-23-17-5-3-12(20)7-15(17)16-8-13(21)4-6-18(16)23/h3-8,14,22,24-25H,9-11H2,1-2H3/t14-/m1/s1. The van der Waals surface area contributed by atoms with Gasteiger partial charge in [-0.2, -0.15) is 0 Å². The number of halogens is 2. The van der Waals surface area contributed by atoms with Crippen molar-refractivity contribution in [2.75, 3.05) is 13.2 Å². The molecule has 1 aromatic heterocycles. The number of fused-ring (bicyclic) bond motifs is 3. The van der Waals surface area contributed by atoms with Gasteiger partial charge in [-0.05, 0) is 50.2 Å². The van der Waals surface area contributed by atoms with Crippen LogP contribution < -0.4 is 5.32 Å². The molecule has 4 nitrogen and oxygen atoms in total. The van der Waals surface area contributed by atoms with Crippen LogP contribution in [0.1, 0.15) is 13.8 Å². The Hall–Kier alpha value is -1.30. The summed E-state index contributed by atoms with van der Waals surface area (Å²) in [5.41, 5.74) is 1.58. The van der Waals surface area contributed by atoms with Crippen molar-refractivity contribution in [1.29, 1.82) is 0 Å². The molecule has 2 aromatic carbocycles. The van der Waals surface area contributed by atoms with E-state index in [0.29, 0.717) is 23.1 Å². The molecule has 1 atom stereocenters. The molecule has 3 aromatic rings. The van der Waals surface area contributed by atoms with Crippen LogP contribution in [0.2, 0.25) is 10.0 Å². The predicted molar refractivity (Wildman–Crippen MR) is 105 cm³/mol. The maximum absolute atomic E-state index is 10.5. The first-order chi connectivity index (χ1) is 11.8. The highest BCUT2D eigenvalue weighted by molar-refractivity contribution is 6.33. The van der Waals surface area contributed by atoms with Crippen LogP contribution in [-0.4, -0.2) is 39.6 Å². The highest BCUT2D eigenvalue weighted by Gasteiger charge is 2.19. The minimum atomic E-state index is -0.601. The molecule has 25 heavy (non-hydrogen) atoms. The maximum Gasteiger partial charge on any atom is 0.0843 e. The molecule has 0 aliphatic carbocycles. The van der Waals surface area contributed by atoms with Crippen molar-refractivity contribution in [3.8, 4) is 0 Å². The van der Waals surface area contributed by atoms with Crippen molar-refractivity contribution < 1.29 is 10.2 Å². The summed E-state index contributed by atoms with van der Waals surface area (Å²) < 4.78 is 2.08. The lowest BCUT2D eigenvalue weighted by atomic mass is 10.1. The van der Waals surface area contributed by atoms with Crippen molar-refractivity contribution in [3.63, 3.8) is 0 Å². The van der Waals surface area contributed by atoms with Gasteiger partial charge in [0.15, 0.2) is 0 Å². The first-order valence-corrected chi connectivity index (χ1v) is 8.97. The number of benzene rings is 2. The van der Waals surface area contributed by atoms with Crippen LogP contribution in [-0.2, 0) is 6.54 Å². The summed E-state index contributed by atoms with van der Waals surface area (Å²) in [5, 5.41) is 26.4. The molecule has 0 radical (unpaired) electrons. The van der Waals surface area contributed by atoms with Crippen LogP contribution in [0.3, 0.4) is 0 Å². The molecule has 0 bridgehead atoms. The highest BCUT2D eigenvalue weighted by atomic mass is 35.5. The second-order valence-corrected chi connectivity index (χ2v) is 7.88. The van der Waals surface area contributed by atoms with E-state index >= 15 is 0 Å². The number of hydrogen-bond donors (Lipinski definition) is 3. The van der Waals surface area contributed by atoms with E-state index in [-0.39, 0.29) is 6.61 Å². The fourth-order valence-electron chi connectivity index (χ4n) is 2.97. The topological polar surface area (TPSA) is 57.4 Å². The van der Waals surface area contributed by atoms with Gasteiger partial charge >= 0.3 is 0 Å². The lowest BCUT2D eigenvalue weighted by molar-refractivity contribution is 0.124. The van der Waals surface area contributed by atoms with Gasteiger partial charge < -0.3 is 20.1 Å². The number of aliphatic hydroxyl groups is 2. The number of hydrogen-bond acceptors (Lipinski definition) is 3. The van der Waals surface area contributed by atoms with Gasteiger partial charge in [0.2, 0.25) is 0 Å². The molecule has 0 saturated carbocycles. The second-order valence-electron chi connectivity index (χ2n) is 7.01. The summed E-state index contributed by atoms with van der Waals surface area (Å²) in [6, 6.07) is 11.5. The van der Waals surface area contributed by atoms with E-state index in [1.807, 2.05) is 50.2 Å². The van der Waals surface area contributed by atoms with E-state index in [2.05, 4.69) is 9.88 Å². The largest absolute Gasteiger partial charge is 0.394 e. The Morgan fingerprint density at radius 1 is 1.04 bits per heavy atom. The Labute approximate surface area is 157 Å². The average molecular weight is 381 g/mol. The lowest BCUT2D eigenvalue weighted by Crippen LogP contribution is -2.46. The number of nitrogens with one attached hydrogen (secondary N) is 1. The van der Waals surface area contributed by atoms with Gasteiger partial charge in [0.05, 0.1) is 19.3 Å². The Kier molecular flexibility index (Phi) is 5.28. The summed E-state index contributed by atoms with van der Waals surface area (Å²) >= 11 is 12.3. The second kappa shape index (κ2) is 7.14. The lowest BCUT2D eigenvalue weighted by Gasteiger charge is -2.25. The number of aromatic nitrogens is 1. The number of β-amino-alcohol motifs (C(OH)–C–C–N with tert-alkyl or cyclic N) is 1. The van der Waals surface area contributed by atoms with Crippen molar-refractivity contribution in [3.05, 3.63) is 46.4 Å². The van der Waals surface area contributed by atoms with Crippen LogP contribution in [0, 0.1) is 0 Å². The van der Waals surface area contributed by atoms with E-state index in [1.165, 1.54) is 0 Å². The van der Waals surface area contributed by atoms with E-state index in [0.717, 1.165) is 21.8 Å². The quantitative estimate of drug-likeness (QED) is 0.609. The van der Waals surface area contributed by atoms with Gasteiger partial charge in [-0.1, -0.05) is 23.2 Å². The number of rotatable bonds is 6. The molecule has 6 heteroatoms. The zero-order valence-electron chi connectivity index (χ0n) is 14.3. The Morgan fingerprint density at radius 3 is 2.04 bits per heavy atom. The van der Waals surface area contributed by atoms with Crippen LogP contribution >= 0.6 is 23.2 Å². The predicted octanol–water partition coefficient (Wildman–Crippen LogP) is 3.82. The molecule has 0 aliphatic heterocycles. The van der Waals surface area contributed by atoms with E-state index in [9.17, 15) is 10.2 Å². The molecule has 0 unspecified atom stereocenters. The van der Waals surface area contributed by atoms with Gasteiger partial charge in [-0.3, -0.25) is 0 Å². The first kappa shape index (κ1) is 18.5. The minimum absolute atomic E-state index is 0.00605. The smallest absolute Gasteiger partial charge is 0.0843 e. The number of aliphatic hydroxyl groups excluding tert-OH is 2. The molecule has 1 heterocycles. The summed E-state index contributed by atoms with van der Waals surface area (Å²) in [5.74, 6) is 0. The molecule has 0 amide bonds. The van der Waals surface area contributed by atoms with Crippen molar-refractivity contribution >= 4 is 45.0 Å². The third-order valence-corrected chi connectivity index (χ3v) is 4.86. The molecule has 0 fully saturated rings. The Morgan fingerprint density at radius 2 is 1.56 bits per heavy atom. The molecule has 134 valence electrons. The molecular weight excluding hydrogens is 359 g/mol. The molecule has 3 N–H and O–H groups in total. The SMILES string of the molecule is CC(C)(CO)NC[C@@H](O)Cn1c2ccc(Cl)cc2c2cc(Cl)ccc21. The average Bonchev–Trinajstić information content (AvgIpc) is 2.86. The van der Waals surface area contributed by atoms with Crippen molar-refractivity contribution in [2.45, 2.75) is 32.0 Å². The third-order valence-electron chi connectivity index (χ3n) is 4.39. The third kappa shape index (κ3) is 3.94. The summed E-state index contributed by atoms with van der Waals surface area (Å²) in [4.78, 5) is 0. The van der Waals surface area contributed by atoms with E-state index < -0.39 is 11.6 Å². The molecular formula is C19H22Cl2N2O2. The maximum atomic E-state index is 10.5. The fraction of sp³-hybridized carbons (Fsp3) is 0.368. The van der Waals surface area contributed by atoms with Gasteiger partial charge in [0.1, 0.15) is 0 Å². The fourth-order valence-corrected chi connectivity index (χ4v) is 3.31. The highest BCUT2D eigenvalue weighted by Crippen LogP contribution is 2.33. The van der Waals surface area contributed by atoms with Crippen molar-refractivity contribution in [1.82, 2.24) is 9.88 Å². The van der Waals surface area contributed by atoms with Crippen LogP contribution in [0.4, 0.5) is 0 Å². The minimum Gasteiger partial charge on any atom is -0.394 e. The molecule has 0 aliphatic rings. The Bertz CT molecular complexity index is 846. The van der Waals surface area contributed by atoms with Gasteiger partial charge in [0.25, 0.3) is 0 Å². The normalized spacial score (nSPS) is 13.7. The zero-order valence-corrected chi connectivity index (χ0v) is 15.8. The monoisotopic (exact) mass is 380 g/mol. The summed E-state index contributed by atoms with van der Waals surface area (Å²) in [6.45, 7) is 4.61. The van der Waals surface area contributed by atoms with Gasteiger partial charge in [-0.15, -0.1) is 0 Å². The zero-order chi connectivity index (χ0) is 18.2. The van der Waals surface area contributed by atoms with Crippen molar-refractivity contribution in [2.24, 2.45) is 0 Å². The van der Waals surface area contributed by atoms with Crippen LogP contribution in [0.25, 0.3) is 21.8 Å². The van der Waals surface area contributed by atoms with E-state index in [4.69, 9.17) is 23.2 Å². The molecule has 3 rings (SSSR count).